The Morgan fingerprint density at radius 1 is 1.17 bits per heavy atom. The van der Waals surface area contributed by atoms with E-state index in [1.807, 2.05) is 6.92 Å². The fourth-order valence-electron chi connectivity index (χ4n) is 4.04. The van der Waals surface area contributed by atoms with Gasteiger partial charge in [-0.1, -0.05) is 18.2 Å². The van der Waals surface area contributed by atoms with Crippen molar-refractivity contribution >= 4 is 0 Å². The summed E-state index contributed by atoms with van der Waals surface area (Å²) in [5.74, 6) is 0.358. The Morgan fingerprint density at radius 3 is 2.57 bits per heavy atom. The van der Waals surface area contributed by atoms with Crippen molar-refractivity contribution in [3.05, 3.63) is 23.8 Å². The zero-order valence-corrected chi connectivity index (χ0v) is 15.3. The Morgan fingerprint density at radius 2 is 1.87 bits per heavy atom. The Hall–Kier alpha value is -0.640. The van der Waals surface area contributed by atoms with Crippen LogP contribution in [0.4, 0.5) is 0 Å². The summed E-state index contributed by atoms with van der Waals surface area (Å²) in [6, 6.07) is 0. The summed E-state index contributed by atoms with van der Waals surface area (Å²) in [6.45, 7) is 12.5. The highest BCUT2D eigenvalue weighted by Crippen LogP contribution is 2.44. The lowest BCUT2D eigenvalue weighted by Crippen LogP contribution is -2.57. The van der Waals surface area contributed by atoms with Crippen LogP contribution in [0.25, 0.3) is 0 Å². The molecule has 3 rings (SSSR count). The molecule has 23 heavy (non-hydrogen) atoms. The number of fused-ring (bicyclic) bond motifs is 10. The Labute approximate surface area is 141 Å². The Kier molecular flexibility index (Phi) is 5.76. The molecule has 0 aromatic heterocycles. The highest BCUT2D eigenvalue weighted by Gasteiger charge is 2.48. The number of aliphatic hydroxyl groups excluding tert-OH is 2. The molecule has 2 N–H and O–H groups in total. The maximum absolute atomic E-state index is 10.7. The van der Waals surface area contributed by atoms with Crippen molar-refractivity contribution in [1.29, 1.82) is 0 Å². The van der Waals surface area contributed by atoms with Crippen LogP contribution >= 0.6 is 0 Å². The van der Waals surface area contributed by atoms with Gasteiger partial charge in [0.2, 0.25) is 0 Å². The molecule has 1 saturated heterocycles. The third-order valence-corrected chi connectivity index (χ3v) is 5.92. The minimum absolute atomic E-state index is 0.250. The minimum Gasteiger partial charge on any atom is -0.390 e. The molecule has 1 aliphatic carbocycles. The molecule has 3 heteroatoms. The van der Waals surface area contributed by atoms with Crippen molar-refractivity contribution in [3.8, 4) is 0 Å². The highest BCUT2D eigenvalue weighted by molar-refractivity contribution is 5.08. The molecule has 0 aromatic carbocycles. The zero-order valence-electron chi connectivity index (χ0n) is 15.3. The number of ether oxygens (including phenoxy) is 1. The van der Waals surface area contributed by atoms with E-state index < -0.39 is 17.8 Å². The lowest BCUT2D eigenvalue weighted by atomic mass is 9.73. The van der Waals surface area contributed by atoms with Gasteiger partial charge in [-0.2, -0.15) is 0 Å². The monoisotopic (exact) mass is 322 g/mol. The zero-order chi connectivity index (χ0) is 17.3. The first-order valence-corrected chi connectivity index (χ1v) is 9.03. The molecule has 0 radical (unpaired) electrons. The van der Waals surface area contributed by atoms with E-state index in [0.717, 1.165) is 37.7 Å². The van der Waals surface area contributed by atoms with Gasteiger partial charge in [0.15, 0.2) is 0 Å². The van der Waals surface area contributed by atoms with Crippen LogP contribution in [-0.2, 0) is 4.74 Å². The molecule has 2 heterocycles. The molecular weight excluding hydrogens is 288 g/mol. The summed E-state index contributed by atoms with van der Waals surface area (Å²) in [7, 11) is 0. The van der Waals surface area contributed by atoms with Crippen molar-refractivity contribution < 1.29 is 14.9 Å². The van der Waals surface area contributed by atoms with Crippen LogP contribution in [0, 0.1) is 5.92 Å². The van der Waals surface area contributed by atoms with Gasteiger partial charge in [-0.3, -0.25) is 0 Å². The third-order valence-electron chi connectivity index (χ3n) is 5.92. The van der Waals surface area contributed by atoms with Crippen LogP contribution in [0.1, 0.15) is 72.6 Å². The number of rotatable bonds is 0. The molecule has 4 atom stereocenters. The van der Waals surface area contributed by atoms with Gasteiger partial charge < -0.3 is 14.9 Å². The van der Waals surface area contributed by atoms with E-state index in [0.29, 0.717) is 18.8 Å². The maximum atomic E-state index is 10.7. The first kappa shape index (κ1) is 18.7. The Bertz CT molecular complexity index is 466. The molecule has 0 aromatic rings. The lowest BCUT2D eigenvalue weighted by Gasteiger charge is -2.51. The predicted molar refractivity (Wildman–Crippen MR) is 94.3 cm³/mol. The lowest BCUT2D eigenvalue weighted by molar-refractivity contribution is -0.245. The second-order valence-corrected chi connectivity index (χ2v) is 8.31. The number of hydrogen-bond acceptors (Lipinski definition) is 3. The van der Waals surface area contributed by atoms with E-state index in [4.69, 9.17) is 4.74 Å². The number of allylic oxidation sites excluding steroid dienone is 2. The SMILES string of the molecule is C=C1CC/C=C(/C)CC[C@@H]2C[C@@H](O)[C@](C)(CC[C@H]1O)OC2(C)C. The van der Waals surface area contributed by atoms with Crippen molar-refractivity contribution in [2.75, 3.05) is 0 Å². The molecule has 0 unspecified atom stereocenters. The molecule has 2 bridgehead atoms. The maximum Gasteiger partial charge on any atom is 0.0920 e. The van der Waals surface area contributed by atoms with Gasteiger partial charge in [0, 0.05) is 0 Å². The van der Waals surface area contributed by atoms with Crippen molar-refractivity contribution in [3.63, 3.8) is 0 Å². The van der Waals surface area contributed by atoms with Gasteiger partial charge in [-0.25, -0.2) is 0 Å². The third kappa shape index (κ3) is 4.46. The molecule has 0 amide bonds. The summed E-state index contributed by atoms with van der Waals surface area (Å²) < 4.78 is 6.39. The molecule has 3 aliphatic rings. The second-order valence-electron chi connectivity index (χ2n) is 8.31. The van der Waals surface area contributed by atoms with E-state index in [1.54, 1.807) is 0 Å². The summed E-state index contributed by atoms with van der Waals surface area (Å²) in [4.78, 5) is 0. The average Bonchev–Trinajstić information content (AvgIpc) is 2.46. The molecule has 0 spiro atoms. The summed E-state index contributed by atoms with van der Waals surface area (Å²) >= 11 is 0. The van der Waals surface area contributed by atoms with Crippen LogP contribution in [0.3, 0.4) is 0 Å². The summed E-state index contributed by atoms with van der Waals surface area (Å²) in [5, 5.41) is 21.0. The number of aliphatic hydroxyl groups is 2. The topological polar surface area (TPSA) is 49.7 Å². The van der Waals surface area contributed by atoms with Crippen molar-refractivity contribution in [2.45, 2.75) is 96.1 Å². The summed E-state index contributed by atoms with van der Waals surface area (Å²) in [6.07, 6.45) is 7.15. The molecule has 1 fully saturated rings. The highest BCUT2D eigenvalue weighted by atomic mass is 16.5. The molecular formula is C20H34O3. The molecule has 132 valence electrons. The second kappa shape index (κ2) is 7.08. The predicted octanol–water partition coefficient (Wildman–Crippen LogP) is 4.14. The number of hydrogen-bond donors (Lipinski definition) is 2. The van der Waals surface area contributed by atoms with Crippen molar-refractivity contribution in [2.24, 2.45) is 5.92 Å². The largest absolute Gasteiger partial charge is 0.390 e. The quantitative estimate of drug-likeness (QED) is 0.659. The van der Waals surface area contributed by atoms with Gasteiger partial charge in [-0.15, -0.1) is 0 Å². The molecule has 0 saturated carbocycles. The van der Waals surface area contributed by atoms with E-state index in [2.05, 4.69) is 33.4 Å². The van der Waals surface area contributed by atoms with Gasteiger partial charge in [0.25, 0.3) is 0 Å². The van der Waals surface area contributed by atoms with Crippen LogP contribution < -0.4 is 0 Å². The van der Waals surface area contributed by atoms with E-state index in [9.17, 15) is 10.2 Å². The van der Waals surface area contributed by atoms with Crippen LogP contribution in [0.5, 0.6) is 0 Å². The van der Waals surface area contributed by atoms with Gasteiger partial charge in [0.05, 0.1) is 23.4 Å². The van der Waals surface area contributed by atoms with E-state index in [1.165, 1.54) is 5.57 Å². The van der Waals surface area contributed by atoms with Crippen molar-refractivity contribution in [1.82, 2.24) is 0 Å². The Balaban J connectivity index is 2.24. The molecule has 2 aliphatic heterocycles. The first-order valence-electron chi connectivity index (χ1n) is 9.03. The normalized spacial score (nSPS) is 41.9. The van der Waals surface area contributed by atoms with Gasteiger partial charge in [-0.05, 0) is 84.1 Å². The smallest absolute Gasteiger partial charge is 0.0920 e. The standard InChI is InChI=1S/C20H34O3/c1-14-7-6-8-15(2)17(21)11-12-20(5)18(22)13-16(10-9-14)19(3,4)23-20/h7,16-18,21-22H,2,6,8-13H2,1,3-5H3/b14-7-/t16-,17-,18-,20+/m1/s1. The van der Waals surface area contributed by atoms with E-state index in [-0.39, 0.29) is 5.60 Å². The fraction of sp³-hybridized carbons (Fsp3) is 0.800. The van der Waals surface area contributed by atoms with Gasteiger partial charge in [0.1, 0.15) is 0 Å². The molecule has 3 nitrogen and oxygen atoms in total. The van der Waals surface area contributed by atoms with Gasteiger partial charge >= 0.3 is 0 Å². The fourth-order valence-corrected chi connectivity index (χ4v) is 4.04. The minimum atomic E-state index is -0.587. The van der Waals surface area contributed by atoms with Crippen LogP contribution in [0.2, 0.25) is 0 Å². The van der Waals surface area contributed by atoms with Crippen LogP contribution in [0.15, 0.2) is 23.8 Å². The van der Waals surface area contributed by atoms with E-state index >= 15 is 0 Å². The average molecular weight is 322 g/mol. The summed E-state index contributed by atoms with van der Waals surface area (Å²) in [5.41, 5.74) is 1.43. The van der Waals surface area contributed by atoms with Crippen LogP contribution in [-0.4, -0.2) is 33.6 Å². The first-order chi connectivity index (χ1) is 10.6.